The smallest absolute Gasteiger partial charge is 0.306 e. The summed E-state index contributed by atoms with van der Waals surface area (Å²) in [6, 6.07) is -0.712. The van der Waals surface area contributed by atoms with Gasteiger partial charge in [-0.05, 0) is 70.6 Å². The maximum atomic E-state index is 13.2. The Morgan fingerprint density at radius 3 is 1.35 bits per heavy atom. The number of aliphatic hydroxyl groups is 2. The minimum atomic E-state index is -0.797. The summed E-state index contributed by atoms with van der Waals surface area (Å²) in [5.41, 5.74) is 0. The number of hydrogen-bond acceptors (Lipinski definition) is 5. The van der Waals surface area contributed by atoms with Crippen molar-refractivity contribution < 1.29 is 24.5 Å². The number of amides is 1. The summed E-state index contributed by atoms with van der Waals surface area (Å²) in [5, 5.41) is 23.8. The summed E-state index contributed by atoms with van der Waals surface area (Å²) in [4.78, 5) is 26.2. The van der Waals surface area contributed by atoms with E-state index in [1.807, 2.05) is 0 Å². The number of allylic oxidation sites excluding steroid dienone is 10. The standard InChI is InChI=1S/C56H101NO5/c1-4-7-10-13-16-19-22-25-27-30-33-36-39-42-45-48-54(59)53(51-58)57-55(60)50-52(47-44-41-38-35-32-29-24-21-18-15-12-9-6-3)62-56(61)49-46-43-40-37-34-31-28-26-23-20-17-14-11-8-5-2/h9,12,15,17-18,20-21,23-24,26,52-54,58-59H,4-8,10-11,13-14,16,19,22,25,27-51H2,1-3H3,(H,57,60)/b12-9+,18-15+,20-17+,24-21+,26-23+. The molecule has 1 amide bonds. The zero-order valence-corrected chi connectivity index (χ0v) is 41.0. The van der Waals surface area contributed by atoms with Crippen LogP contribution in [-0.2, 0) is 14.3 Å². The lowest BCUT2D eigenvalue weighted by Gasteiger charge is -2.24. The molecule has 0 spiro atoms. The van der Waals surface area contributed by atoms with Crippen LogP contribution >= 0.6 is 0 Å². The van der Waals surface area contributed by atoms with Crippen LogP contribution in [0.4, 0.5) is 0 Å². The average molecular weight is 868 g/mol. The van der Waals surface area contributed by atoms with E-state index in [4.69, 9.17) is 4.74 Å². The molecule has 0 aliphatic heterocycles. The third-order valence-electron chi connectivity index (χ3n) is 11.9. The van der Waals surface area contributed by atoms with Gasteiger partial charge < -0.3 is 20.3 Å². The SMILES string of the molecule is CC/C=C/C=C/C=C/CCCCCCCC(CC(=O)NC(CO)C(O)CCCCCCCCCCCCCCCCC)OC(=O)CCCCCCCC/C=C/C=C/CCCCC. The van der Waals surface area contributed by atoms with Gasteiger partial charge in [0.1, 0.15) is 6.10 Å². The quantitative estimate of drug-likeness (QED) is 0.0322. The maximum Gasteiger partial charge on any atom is 0.306 e. The molecule has 62 heavy (non-hydrogen) atoms. The number of aliphatic hydroxyl groups excluding tert-OH is 2. The van der Waals surface area contributed by atoms with E-state index in [-0.39, 0.29) is 24.9 Å². The van der Waals surface area contributed by atoms with E-state index in [0.29, 0.717) is 19.3 Å². The molecule has 0 saturated carbocycles. The summed E-state index contributed by atoms with van der Waals surface area (Å²) in [5.74, 6) is -0.505. The lowest BCUT2D eigenvalue weighted by molar-refractivity contribution is -0.151. The highest BCUT2D eigenvalue weighted by atomic mass is 16.5. The Morgan fingerprint density at radius 1 is 0.484 bits per heavy atom. The number of carbonyl (C=O) groups is 2. The molecule has 0 aliphatic carbocycles. The van der Waals surface area contributed by atoms with Crippen LogP contribution in [0, 0.1) is 0 Å². The second-order valence-corrected chi connectivity index (χ2v) is 18.0. The second kappa shape index (κ2) is 49.6. The number of ether oxygens (including phenoxy) is 1. The molecule has 3 unspecified atom stereocenters. The number of carbonyl (C=O) groups excluding carboxylic acids is 2. The van der Waals surface area contributed by atoms with Crippen molar-refractivity contribution >= 4 is 11.9 Å². The summed E-state index contributed by atoms with van der Waals surface area (Å²) in [6.07, 6.45) is 61.3. The van der Waals surface area contributed by atoms with Gasteiger partial charge in [-0.25, -0.2) is 0 Å². The van der Waals surface area contributed by atoms with Crippen LogP contribution in [-0.4, -0.2) is 46.9 Å². The normalized spacial score (nSPS) is 13.7. The van der Waals surface area contributed by atoms with Gasteiger partial charge in [0.2, 0.25) is 5.91 Å². The fourth-order valence-corrected chi connectivity index (χ4v) is 7.89. The predicted molar refractivity (Wildman–Crippen MR) is 268 cm³/mol. The fourth-order valence-electron chi connectivity index (χ4n) is 7.89. The molecule has 0 aromatic heterocycles. The van der Waals surface area contributed by atoms with Crippen LogP contribution in [0.1, 0.15) is 258 Å². The number of rotatable bonds is 47. The van der Waals surface area contributed by atoms with Crippen LogP contribution in [0.15, 0.2) is 60.8 Å². The Labute approximate surface area is 384 Å². The lowest BCUT2D eigenvalue weighted by atomic mass is 10.0. The first kappa shape index (κ1) is 59.6. The van der Waals surface area contributed by atoms with Crippen LogP contribution in [0.25, 0.3) is 0 Å². The predicted octanol–water partition coefficient (Wildman–Crippen LogP) is 16.0. The molecule has 3 N–H and O–H groups in total. The molecule has 0 aromatic rings. The van der Waals surface area contributed by atoms with E-state index in [1.54, 1.807) is 0 Å². The summed E-state index contributed by atoms with van der Waals surface area (Å²) in [7, 11) is 0. The van der Waals surface area contributed by atoms with Gasteiger partial charge in [0.05, 0.1) is 25.2 Å². The van der Waals surface area contributed by atoms with E-state index < -0.39 is 18.2 Å². The minimum Gasteiger partial charge on any atom is -0.462 e. The Balaban J connectivity index is 4.58. The van der Waals surface area contributed by atoms with Crippen molar-refractivity contribution in [3.63, 3.8) is 0 Å². The molecule has 360 valence electrons. The largest absolute Gasteiger partial charge is 0.462 e. The van der Waals surface area contributed by atoms with Gasteiger partial charge in [-0.15, -0.1) is 0 Å². The second-order valence-electron chi connectivity index (χ2n) is 18.0. The third-order valence-corrected chi connectivity index (χ3v) is 11.9. The van der Waals surface area contributed by atoms with Gasteiger partial charge in [-0.3, -0.25) is 9.59 Å². The van der Waals surface area contributed by atoms with Gasteiger partial charge in [0, 0.05) is 6.42 Å². The number of nitrogens with one attached hydrogen (secondary N) is 1. The van der Waals surface area contributed by atoms with E-state index >= 15 is 0 Å². The highest BCUT2D eigenvalue weighted by Crippen LogP contribution is 2.18. The Morgan fingerprint density at radius 2 is 0.871 bits per heavy atom. The first-order valence-electron chi connectivity index (χ1n) is 26.6. The minimum absolute atomic E-state index is 0.0583. The van der Waals surface area contributed by atoms with Crippen LogP contribution in [0.5, 0.6) is 0 Å². The third kappa shape index (κ3) is 44.2. The molecule has 6 nitrogen and oxygen atoms in total. The molecule has 3 atom stereocenters. The molecule has 0 aliphatic rings. The van der Waals surface area contributed by atoms with E-state index in [9.17, 15) is 19.8 Å². The monoisotopic (exact) mass is 868 g/mol. The Hall–Kier alpha value is -2.44. The number of esters is 1. The molecular weight excluding hydrogens is 767 g/mol. The number of unbranched alkanes of at least 4 members (excludes halogenated alkanes) is 28. The summed E-state index contributed by atoms with van der Waals surface area (Å²) < 4.78 is 5.93. The molecule has 0 heterocycles. The van der Waals surface area contributed by atoms with Crippen molar-refractivity contribution in [1.29, 1.82) is 0 Å². The molecule has 0 fully saturated rings. The fraction of sp³-hybridized carbons (Fsp3) is 0.786. The molecule has 0 aromatic carbocycles. The topological polar surface area (TPSA) is 95.9 Å². The Bertz CT molecular complexity index is 1110. The van der Waals surface area contributed by atoms with Crippen molar-refractivity contribution in [1.82, 2.24) is 5.32 Å². The molecule has 0 saturated heterocycles. The van der Waals surface area contributed by atoms with Crippen molar-refractivity contribution in [2.45, 2.75) is 277 Å². The summed E-state index contributed by atoms with van der Waals surface area (Å²) >= 11 is 0. The maximum absolute atomic E-state index is 13.2. The van der Waals surface area contributed by atoms with E-state index in [0.717, 1.165) is 89.9 Å². The molecule has 0 bridgehead atoms. The van der Waals surface area contributed by atoms with Gasteiger partial charge in [0.15, 0.2) is 0 Å². The van der Waals surface area contributed by atoms with E-state index in [1.165, 1.54) is 122 Å². The van der Waals surface area contributed by atoms with Crippen LogP contribution < -0.4 is 5.32 Å². The van der Waals surface area contributed by atoms with Crippen LogP contribution in [0.2, 0.25) is 0 Å². The summed E-state index contributed by atoms with van der Waals surface area (Å²) in [6.45, 7) is 6.33. The molecule has 0 rings (SSSR count). The Kier molecular flexibility index (Phi) is 47.6. The molecule has 6 heteroatoms. The van der Waals surface area contributed by atoms with E-state index in [2.05, 4.69) is 86.8 Å². The first-order chi connectivity index (χ1) is 30.5. The van der Waals surface area contributed by atoms with Gasteiger partial charge in [-0.2, -0.15) is 0 Å². The van der Waals surface area contributed by atoms with Crippen molar-refractivity contribution in [3.8, 4) is 0 Å². The highest BCUT2D eigenvalue weighted by Gasteiger charge is 2.24. The number of hydrogen-bond donors (Lipinski definition) is 3. The van der Waals surface area contributed by atoms with Gasteiger partial charge in [0.25, 0.3) is 0 Å². The van der Waals surface area contributed by atoms with Crippen molar-refractivity contribution in [3.05, 3.63) is 60.8 Å². The lowest BCUT2D eigenvalue weighted by Crippen LogP contribution is -2.46. The first-order valence-corrected chi connectivity index (χ1v) is 26.6. The van der Waals surface area contributed by atoms with Crippen molar-refractivity contribution in [2.75, 3.05) is 6.61 Å². The van der Waals surface area contributed by atoms with Gasteiger partial charge >= 0.3 is 5.97 Å². The molecular formula is C56H101NO5. The van der Waals surface area contributed by atoms with Gasteiger partial charge in [-0.1, -0.05) is 236 Å². The zero-order valence-electron chi connectivity index (χ0n) is 41.0. The average Bonchev–Trinajstić information content (AvgIpc) is 3.26. The zero-order chi connectivity index (χ0) is 45.2. The van der Waals surface area contributed by atoms with Crippen LogP contribution in [0.3, 0.4) is 0 Å². The van der Waals surface area contributed by atoms with Crippen molar-refractivity contribution in [2.24, 2.45) is 0 Å². The molecule has 0 radical (unpaired) electrons. The highest BCUT2D eigenvalue weighted by molar-refractivity contribution is 5.77.